The summed E-state index contributed by atoms with van der Waals surface area (Å²) >= 11 is 0. The molecule has 2 aliphatic carbocycles. The van der Waals surface area contributed by atoms with Gasteiger partial charge in [0.05, 0.1) is 29.6 Å². The first-order chi connectivity index (χ1) is 12.9. The number of hydrogen-bond acceptors (Lipinski definition) is 4. The molecular weight excluding hydrogens is 368 g/mol. The van der Waals surface area contributed by atoms with Gasteiger partial charge in [-0.3, -0.25) is 4.79 Å². The molecule has 28 heavy (non-hydrogen) atoms. The molecule has 0 spiro atoms. The van der Waals surface area contributed by atoms with Crippen LogP contribution in [-0.4, -0.2) is 31.6 Å². The molecule has 0 amide bonds. The lowest BCUT2D eigenvalue weighted by molar-refractivity contribution is -0.163. The summed E-state index contributed by atoms with van der Waals surface area (Å²) in [4.78, 5) is 12.6. The SMILES string of the molecule is C=C1CC[C@@]23OC(=O)C[C@@]12C(O[Si](C(C)C)(C(C)C)C(C)C)=C(C)[C@@]3(C)CO. The van der Waals surface area contributed by atoms with Gasteiger partial charge in [-0.2, -0.15) is 0 Å². The maximum atomic E-state index is 12.6. The lowest BCUT2D eigenvalue weighted by Gasteiger charge is -2.47. The van der Waals surface area contributed by atoms with Crippen LogP contribution in [0, 0.1) is 10.8 Å². The van der Waals surface area contributed by atoms with E-state index >= 15 is 0 Å². The molecule has 2 fully saturated rings. The number of hydrogen-bond donors (Lipinski definition) is 1. The Labute approximate surface area is 171 Å². The number of aliphatic hydroxyl groups excluding tert-OH is 1. The van der Waals surface area contributed by atoms with Crippen LogP contribution in [0.15, 0.2) is 23.5 Å². The molecule has 0 radical (unpaired) electrons. The second kappa shape index (κ2) is 6.46. The predicted octanol–water partition coefficient (Wildman–Crippen LogP) is 5.49. The molecule has 0 unspecified atom stereocenters. The van der Waals surface area contributed by atoms with Gasteiger partial charge in [-0.1, -0.05) is 53.7 Å². The zero-order valence-corrected chi connectivity index (χ0v) is 19.9. The van der Waals surface area contributed by atoms with Crippen LogP contribution in [0.1, 0.15) is 74.7 Å². The number of carbonyl (C=O) groups excluding carboxylic acids is 1. The van der Waals surface area contributed by atoms with E-state index in [9.17, 15) is 9.90 Å². The lowest BCUT2D eigenvalue weighted by atomic mass is 9.64. The minimum absolute atomic E-state index is 0.0619. The summed E-state index contributed by atoms with van der Waals surface area (Å²) in [6.07, 6.45) is 1.80. The standard InChI is InChI=1S/C23H38O4Si/c1-14(2)28(15(3)4,16(5)6)27-20-18(8)21(9,13-24)23-11-10-17(7)22(20,23)12-19(25)26-23/h14-16,24H,7,10-13H2,1-6,8-9H3/t21-,22+,23+/m1/s1. The van der Waals surface area contributed by atoms with Crippen LogP contribution in [0.4, 0.5) is 0 Å². The third-order valence-corrected chi connectivity index (χ3v) is 14.5. The van der Waals surface area contributed by atoms with Gasteiger partial charge in [0.2, 0.25) is 0 Å². The molecule has 1 heterocycles. The van der Waals surface area contributed by atoms with Gasteiger partial charge in [0.15, 0.2) is 0 Å². The van der Waals surface area contributed by atoms with Crippen LogP contribution in [0.2, 0.25) is 16.6 Å². The van der Waals surface area contributed by atoms with Crippen molar-refractivity contribution in [2.24, 2.45) is 10.8 Å². The van der Waals surface area contributed by atoms with Crippen molar-refractivity contribution in [1.29, 1.82) is 0 Å². The Hall–Kier alpha value is -1.07. The van der Waals surface area contributed by atoms with Gasteiger partial charge >= 0.3 is 5.97 Å². The highest BCUT2D eigenvalue weighted by molar-refractivity contribution is 6.77. The highest BCUT2D eigenvalue weighted by Crippen LogP contribution is 2.74. The molecule has 0 aromatic rings. The molecule has 1 aliphatic heterocycles. The van der Waals surface area contributed by atoms with Crippen molar-refractivity contribution in [3.05, 3.63) is 23.5 Å². The van der Waals surface area contributed by atoms with E-state index in [2.05, 4.69) is 55.0 Å². The molecule has 5 heteroatoms. The fourth-order valence-corrected chi connectivity index (χ4v) is 12.4. The van der Waals surface area contributed by atoms with E-state index in [1.807, 2.05) is 6.92 Å². The highest BCUT2D eigenvalue weighted by atomic mass is 28.4. The Kier molecular flexibility index (Phi) is 4.99. The summed E-state index contributed by atoms with van der Waals surface area (Å²) < 4.78 is 13.3. The molecule has 3 atom stereocenters. The van der Waals surface area contributed by atoms with E-state index in [4.69, 9.17) is 9.16 Å². The average molecular weight is 407 g/mol. The normalized spacial score (nSPS) is 35.3. The Morgan fingerprint density at radius 1 is 1.18 bits per heavy atom. The second-order valence-corrected chi connectivity index (χ2v) is 15.7. The van der Waals surface area contributed by atoms with Gasteiger partial charge in [-0.05, 0) is 48.9 Å². The molecule has 1 saturated carbocycles. The molecule has 1 saturated heterocycles. The van der Waals surface area contributed by atoms with Gasteiger partial charge in [-0.15, -0.1) is 0 Å². The fraction of sp³-hybridized carbons (Fsp3) is 0.783. The number of carbonyl (C=O) groups is 1. The minimum atomic E-state index is -2.24. The average Bonchev–Trinajstić information content (AvgIpc) is 3.10. The van der Waals surface area contributed by atoms with Crippen molar-refractivity contribution in [2.75, 3.05) is 6.61 Å². The Bertz CT molecular complexity index is 715. The summed E-state index contributed by atoms with van der Waals surface area (Å²) in [7, 11) is -2.24. The van der Waals surface area contributed by atoms with Crippen molar-refractivity contribution in [3.63, 3.8) is 0 Å². The second-order valence-electron chi connectivity index (χ2n) is 10.4. The number of rotatable bonds is 6. The van der Waals surface area contributed by atoms with E-state index in [0.717, 1.165) is 23.3 Å². The van der Waals surface area contributed by atoms with Crippen molar-refractivity contribution in [1.82, 2.24) is 0 Å². The molecule has 3 rings (SSSR count). The number of esters is 1. The number of ether oxygens (including phenoxy) is 1. The zero-order chi connectivity index (χ0) is 21.3. The molecule has 3 aliphatic rings. The van der Waals surface area contributed by atoms with Crippen LogP contribution in [-0.2, 0) is 14.0 Å². The fourth-order valence-electron chi connectivity index (χ4n) is 6.99. The Balaban J connectivity index is 2.27. The first-order valence-corrected chi connectivity index (χ1v) is 12.9. The monoisotopic (exact) mass is 406 g/mol. The summed E-state index contributed by atoms with van der Waals surface area (Å²) in [5.41, 5.74) is 1.33. The van der Waals surface area contributed by atoms with E-state index < -0.39 is 24.7 Å². The predicted molar refractivity (Wildman–Crippen MR) is 114 cm³/mol. The van der Waals surface area contributed by atoms with Gasteiger partial charge in [0.25, 0.3) is 8.32 Å². The van der Waals surface area contributed by atoms with Crippen molar-refractivity contribution in [3.8, 4) is 0 Å². The lowest BCUT2D eigenvalue weighted by Crippen LogP contribution is -2.53. The molecule has 4 nitrogen and oxygen atoms in total. The zero-order valence-electron chi connectivity index (χ0n) is 18.9. The van der Waals surface area contributed by atoms with E-state index in [-0.39, 0.29) is 19.0 Å². The van der Waals surface area contributed by atoms with E-state index in [1.165, 1.54) is 0 Å². The van der Waals surface area contributed by atoms with E-state index in [1.54, 1.807) is 0 Å². The van der Waals surface area contributed by atoms with Crippen LogP contribution >= 0.6 is 0 Å². The molecular formula is C23H38O4Si. The first kappa shape index (κ1) is 21.6. The van der Waals surface area contributed by atoms with Crippen LogP contribution in [0.3, 0.4) is 0 Å². The topological polar surface area (TPSA) is 55.8 Å². The Morgan fingerprint density at radius 3 is 2.18 bits per heavy atom. The number of aliphatic hydroxyl groups is 1. The van der Waals surface area contributed by atoms with Crippen LogP contribution in [0.5, 0.6) is 0 Å². The minimum Gasteiger partial charge on any atom is -0.545 e. The summed E-state index contributed by atoms with van der Waals surface area (Å²) in [5.74, 6) is 0.709. The summed E-state index contributed by atoms with van der Waals surface area (Å²) in [6.45, 7) is 22.1. The van der Waals surface area contributed by atoms with E-state index in [0.29, 0.717) is 23.0 Å². The van der Waals surface area contributed by atoms with Crippen molar-refractivity contribution >= 4 is 14.3 Å². The van der Waals surface area contributed by atoms with Gasteiger partial charge in [0.1, 0.15) is 5.60 Å². The third kappa shape index (κ3) is 2.18. The van der Waals surface area contributed by atoms with Crippen LogP contribution in [0.25, 0.3) is 0 Å². The molecule has 0 bridgehead atoms. The molecule has 0 aromatic carbocycles. The van der Waals surface area contributed by atoms with Gasteiger partial charge < -0.3 is 14.3 Å². The van der Waals surface area contributed by atoms with Crippen molar-refractivity contribution in [2.45, 2.75) is 96.9 Å². The first-order valence-electron chi connectivity index (χ1n) is 10.8. The summed E-state index contributed by atoms with van der Waals surface area (Å²) in [6, 6.07) is 0. The quantitative estimate of drug-likeness (QED) is 0.360. The maximum absolute atomic E-state index is 12.6. The highest BCUT2D eigenvalue weighted by Gasteiger charge is 2.79. The smallest absolute Gasteiger partial charge is 0.307 e. The van der Waals surface area contributed by atoms with Crippen molar-refractivity contribution < 1.29 is 19.1 Å². The summed E-state index contributed by atoms with van der Waals surface area (Å²) in [5, 5.41) is 10.5. The maximum Gasteiger partial charge on any atom is 0.307 e. The third-order valence-electron chi connectivity index (χ3n) is 8.52. The van der Waals surface area contributed by atoms with Gasteiger partial charge in [-0.25, -0.2) is 0 Å². The molecule has 158 valence electrons. The largest absolute Gasteiger partial charge is 0.545 e. The van der Waals surface area contributed by atoms with Gasteiger partial charge in [0, 0.05) is 0 Å². The molecule has 1 N–H and O–H groups in total. The Morgan fingerprint density at radius 2 is 1.71 bits per heavy atom. The molecule has 0 aromatic heterocycles. The van der Waals surface area contributed by atoms with Crippen LogP contribution < -0.4 is 0 Å².